The van der Waals surface area contributed by atoms with Crippen LogP contribution >= 0.6 is 0 Å². The molecule has 5 heteroatoms. The Balaban J connectivity index is 1.39. The van der Waals surface area contributed by atoms with Gasteiger partial charge in [0.05, 0.1) is 33.5 Å². The largest absolute Gasteiger partial charge is 0.294 e. The van der Waals surface area contributed by atoms with Gasteiger partial charge in [-0.05, 0) is 36.4 Å². The van der Waals surface area contributed by atoms with E-state index >= 15 is 0 Å². The fourth-order valence-corrected chi connectivity index (χ4v) is 6.51. The van der Waals surface area contributed by atoms with Crippen molar-refractivity contribution in [3.05, 3.63) is 152 Å². The molecule has 44 heavy (non-hydrogen) atoms. The van der Waals surface area contributed by atoms with E-state index < -0.39 is 0 Å². The predicted octanol–water partition coefficient (Wildman–Crippen LogP) is 9.40. The van der Waals surface area contributed by atoms with Gasteiger partial charge in [-0.1, -0.05) is 109 Å². The smallest absolute Gasteiger partial charge is 0.235 e. The first-order chi connectivity index (χ1) is 21.8. The fourth-order valence-electron chi connectivity index (χ4n) is 6.51. The Kier molecular flexibility index (Phi) is 5.43. The van der Waals surface area contributed by atoms with E-state index in [2.05, 4.69) is 124 Å². The molecule has 9 aromatic rings. The van der Waals surface area contributed by atoms with Crippen molar-refractivity contribution in [2.45, 2.75) is 0 Å². The number of rotatable bonds is 4. The Bertz CT molecular complexity index is 2490. The molecular formula is C39H25N5. The first kappa shape index (κ1) is 24.5. The molecule has 0 fully saturated rings. The van der Waals surface area contributed by atoms with Crippen LogP contribution in [0, 0.1) is 0 Å². The Hall–Kier alpha value is -6.07. The van der Waals surface area contributed by atoms with E-state index in [0.29, 0.717) is 5.95 Å². The van der Waals surface area contributed by atoms with E-state index in [-0.39, 0.29) is 0 Å². The molecule has 0 saturated carbocycles. The Morgan fingerprint density at radius 3 is 1.80 bits per heavy atom. The molecule has 0 radical (unpaired) electrons. The lowest BCUT2D eigenvalue weighted by molar-refractivity contribution is 0.994. The highest BCUT2D eigenvalue weighted by Crippen LogP contribution is 2.41. The van der Waals surface area contributed by atoms with Gasteiger partial charge in [-0.3, -0.25) is 9.13 Å². The highest BCUT2D eigenvalue weighted by Gasteiger charge is 2.22. The number of para-hydroxylation sites is 2. The summed E-state index contributed by atoms with van der Waals surface area (Å²) >= 11 is 0. The molecule has 0 amide bonds. The molecule has 0 atom stereocenters. The number of nitrogens with zero attached hydrogens (tertiary/aromatic N) is 5. The molecule has 5 nitrogen and oxygen atoms in total. The number of fused-ring (bicyclic) bond motifs is 7. The summed E-state index contributed by atoms with van der Waals surface area (Å²) in [6.07, 6.45) is 1.85. The van der Waals surface area contributed by atoms with Crippen LogP contribution in [0.3, 0.4) is 0 Å². The Labute approximate surface area is 253 Å². The average Bonchev–Trinajstić information content (AvgIpc) is 3.62. The van der Waals surface area contributed by atoms with E-state index in [9.17, 15) is 0 Å². The molecule has 0 unspecified atom stereocenters. The van der Waals surface area contributed by atoms with Crippen molar-refractivity contribution in [2.75, 3.05) is 0 Å². The molecule has 0 saturated heterocycles. The van der Waals surface area contributed by atoms with Gasteiger partial charge in [0, 0.05) is 38.9 Å². The quantitative estimate of drug-likeness (QED) is 0.214. The highest BCUT2D eigenvalue weighted by atomic mass is 15.2. The molecule has 206 valence electrons. The minimum atomic E-state index is 0.645. The highest BCUT2D eigenvalue weighted by molar-refractivity contribution is 6.26. The van der Waals surface area contributed by atoms with Gasteiger partial charge < -0.3 is 0 Å². The molecule has 4 aromatic heterocycles. The van der Waals surface area contributed by atoms with E-state index in [1.54, 1.807) is 0 Å². The molecule has 0 spiro atoms. The first-order valence-electron chi connectivity index (χ1n) is 14.7. The molecule has 9 rings (SSSR count). The SMILES string of the molecule is c1ccc(-c2cccc(-n3c4ccccc4c4c3ccc3c5ccccc5n(-c5nccc(-c6ccccc6)n5)c34)n2)cc1. The molecule has 0 bridgehead atoms. The van der Waals surface area contributed by atoms with Crippen LogP contribution in [0.4, 0.5) is 0 Å². The number of pyridine rings is 1. The van der Waals surface area contributed by atoms with Crippen LogP contribution in [0.1, 0.15) is 0 Å². The van der Waals surface area contributed by atoms with Crippen LogP contribution < -0.4 is 0 Å². The van der Waals surface area contributed by atoms with Crippen molar-refractivity contribution in [3.8, 4) is 34.3 Å². The van der Waals surface area contributed by atoms with Crippen LogP contribution in [0.25, 0.3) is 77.9 Å². The van der Waals surface area contributed by atoms with Gasteiger partial charge >= 0.3 is 0 Å². The summed E-state index contributed by atoms with van der Waals surface area (Å²) in [4.78, 5) is 15.1. The van der Waals surface area contributed by atoms with Crippen molar-refractivity contribution in [1.29, 1.82) is 0 Å². The summed E-state index contributed by atoms with van der Waals surface area (Å²) in [5.74, 6) is 1.52. The van der Waals surface area contributed by atoms with E-state index in [4.69, 9.17) is 15.0 Å². The van der Waals surface area contributed by atoms with Crippen LogP contribution in [0.2, 0.25) is 0 Å². The van der Waals surface area contributed by atoms with Crippen LogP contribution in [-0.4, -0.2) is 24.1 Å². The second-order valence-electron chi connectivity index (χ2n) is 10.9. The Morgan fingerprint density at radius 1 is 0.409 bits per heavy atom. The van der Waals surface area contributed by atoms with Crippen LogP contribution in [0.15, 0.2) is 152 Å². The van der Waals surface area contributed by atoms with Crippen LogP contribution in [-0.2, 0) is 0 Å². The summed E-state index contributed by atoms with van der Waals surface area (Å²) in [5.41, 5.74) is 8.32. The van der Waals surface area contributed by atoms with Crippen molar-refractivity contribution >= 4 is 43.6 Å². The number of hydrogen-bond acceptors (Lipinski definition) is 3. The standard InChI is InChI=1S/C39H25N5/c1-3-12-26(13-4-1)31-18-11-21-36(41-31)43-34-20-10-8-17-30(34)37-35(43)23-22-29-28-16-7-9-19-33(28)44(38(29)37)39-40-25-24-32(42-39)27-14-5-2-6-15-27/h1-25H. The minimum Gasteiger partial charge on any atom is -0.294 e. The van der Waals surface area contributed by atoms with Crippen molar-refractivity contribution in [2.24, 2.45) is 0 Å². The average molecular weight is 564 g/mol. The maximum absolute atomic E-state index is 5.17. The molecule has 0 N–H and O–H groups in total. The number of aromatic nitrogens is 5. The number of benzene rings is 5. The van der Waals surface area contributed by atoms with Gasteiger partial charge in [0.1, 0.15) is 5.82 Å². The summed E-state index contributed by atoms with van der Waals surface area (Å²) < 4.78 is 4.50. The van der Waals surface area contributed by atoms with Gasteiger partial charge in [-0.15, -0.1) is 0 Å². The lowest BCUT2D eigenvalue weighted by Gasteiger charge is -2.10. The molecule has 5 aromatic carbocycles. The topological polar surface area (TPSA) is 48.5 Å². The minimum absolute atomic E-state index is 0.645. The van der Waals surface area contributed by atoms with Crippen LogP contribution in [0.5, 0.6) is 0 Å². The zero-order valence-electron chi connectivity index (χ0n) is 23.7. The van der Waals surface area contributed by atoms with Crippen molar-refractivity contribution < 1.29 is 0 Å². The zero-order valence-corrected chi connectivity index (χ0v) is 23.7. The van der Waals surface area contributed by atoms with Gasteiger partial charge in [0.25, 0.3) is 0 Å². The van der Waals surface area contributed by atoms with E-state index in [1.165, 1.54) is 5.39 Å². The van der Waals surface area contributed by atoms with Crippen molar-refractivity contribution in [3.63, 3.8) is 0 Å². The fraction of sp³-hybridized carbons (Fsp3) is 0. The summed E-state index contributed by atoms with van der Waals surface area (Å²) in [7, 11) is 0. The summed E-state index contributed by atoms with van der Waals surface area (Å²) in [6.45, 7) is 0. The van der Waals surface area contributed by atoms with Crippen molar-refractivity contribution in [1.82, 2.24) is 24.1 Å². The van der Waals surface area contributed by atoms with E-state index in [1.807, 2.05) is 36.5 Å². The number of hydrogen-bond donors (Lipinski definition) is 0. The Morgan fingerprint density at radius 2 is 1.05 bits per heavy atom. The molecule has 0 aliphatic carbocycles. The zero-order chi connectivity index (χ0) is 29.0. The second kappa shape index (κ2) is 9.75. The first-order valence-corrected chi connectivity index (χ1v) is 14.7. The maximum atomic E-state index is 5.17. The monoisotopic (exact) mass is 563 g/mol. The molecule has 4 heterocycles. The van der Waals surface area contributed by atoms with Gasteiger partial charge in [0.2, 0.25) is 5.95 Å². The lowest BCUT2D eigenvalue weighted by Crippen LogP contribution is -2.02. The van der Waals surface area contributed by atoms with Gasteiger partial charge in [-0.25, -0.2) is 15.0 Å². The van der Waals surface area contributed by atoms with Gasteiger partial charge in [-0.2, -0.15) is 0 Å². The summed E-state index contributed by atoms with van der Waals surface area (Å²) in [5, 5.41) is 4.63. The van der Waals surface area contributed by atoms with E-state index in [0.717, 1.165) is 66.6 Å². The summed E-state index contributed by atoms with van der Waals surface area (Å²) in [6, 6.07) is 50.4. The second-order valence-corrected chi connectivity index (χ2v) is 10.9. The molecular weight excluding hydrogens is 538 g/mol. The molecule has 0 aliphatic heterocycles. The third-order valence-electron chi connectivity index (χ3n) is 8.42. The predicted molar refractivity (Wildman–Crippen MR) is 179 cm³/mol. The third-order valence-corrected chi connectivity index (χ3v) is 8.42. The lowest BCUT2D eigenvalue weighted by atomic mass is 10.1. The third kappa shape index (κ3) is 3.69. The maximum Gasteiger partial charge on any atom is 0.235 e. The van der Waals surface area contributed by atoms with Gasteiger partial charge in [0.15, 0.2) is 0 Å². The molecule has 0 aliphatic rings. The normalized spacial score (nSPS) is 11.6.